The number of nitrogens with one attached hydrogen (secondary N) is 2. The van der Waals surface area contributed by atoms with Crippen LogP contribution in [0.3, 0.4) is 0 Å². The minimum Gasteiger partial charge on any atom is -0.379 e. The first-order chi connectivity index (χ1) is 18.8. The summed E-state index contributed by atoms with van der Waals surface area (Å²) in [5.41, 5.74) is -0.00650. The number of thioether (sulfide) groups is 1. The van der Waals surface area contributed by atoms with Crippen molar-refractivity contribution in [2.75, 3.05) is 43.9 Å². The van der Waals surface area contributed by atoms with E-state index in [1.165, 1.54) is 24.3 Å². The molecule has 0 aliphatic carbocycles. The number of hydrogen-bond donors (Lipinski definition) is 2. The van der Waals surface area contributed by atoms with Gasteiger partial charge in [0.15, 0.2) is 0 Å². The van der Waals surface area contributed by atoms with E-state index in [1.54, 1.807) is 30.0 Å². The normalized spacial score (nSPS) is 14.9. The third-order valence-electron chi connectivity index (χ3n) is 6.19. The molecule has 0 bridgehead atoms. The lowest BCUT2D eigenvalue weighted by Crippen LogP contribution is -2.39. The van der Waals surface area contributed by atoms with Crippen LogP contribution < -0.4 is 10.0 Å². The van der Waals surface area contributed by atoms with Crippen molar-refractivity contribution in [1.29, 1.82) is 0 Å². The molecule has 1 unspecified atom stereocenters. The van der Waals surface area contributed by atoms with Crippen LogP contribution in [0.15, 0.2) is 88.7 Å². The number of sulfonamides is 1. The van der Waals surface area contributed by atoms with E-state index in [1.807, 2.05) is 35.1 Å². The smallest absolute Gasteiger partial charge is 0.293 e. The molecule has 1 aliphatic rings. The number of benzene rings is 3. The highest BCUT2D eigenvalue weighted by molar-refractivity contribution is 7.99. The number of nitrogens with zero attached hydrogens (tertiary/aromatic N) is 2. The molecule has 1 atom stereocenters. The van der Waals surface area contributed by atoms with Gasteiger partial charge in [-0.3, -0.25) is 19.8 Å². The lowest BCUT2D eigenvalue weighted by atomic mass is 10.2. The molecule has 0 aromatic heterocycles. The number of rotatable bonds is 12. The molecule has 0 saturated carbocycles. The summed E-state index contributed by atoms with van der Waals surface area (Å²) in [6.07, 6.45) is 0.726. The Morgan fingerprint density at radius 1 is 1.03 bits per heavy atom. The molecule has 10 nitrogen and oxygen atoms in total. The zero-order chi connectivity index (χ0) is 27.7. The van der Waals surface area contributed by atoms with Crippen LogP contribution in [0.4, 0.5) is 11.4 Å². The highest BCUT2D eigenvalue weighted by atomic mass is 32.2. The Balaban J connectivity index is 1.51. The van der Waals surface area contributed by atoms with Crippen LogP contribution in [0, 0.1) is 10.1 Å². The van der Waals surface area contributed by atoms with E-state index in [0.717, 1.165) is 37.0 Å². The van der Waals surface area contributed by atoms with Crippen LogP contribution in [-0.4, -0.2) is 68.8 Å². The summed E-state index contributed by atoms with van der Waals surface area (Å²) in [7, 11) is -4.33. The summed E-state index contributed by atoms with van der Waals surface area (Å²) in [6, 6.07) is 21.2. The molecular formula is C27H30N4O6S2. The third-order valence-corrected chi connectivity index (χ3v) is 8.69. The van der Waals surface area contributed by atoms with Gasteiger partial charge in [0.1, 0.15) is 5.69 Å². The number of carbonyl (C=O) groups excluding carboxylic acids is 1. The van der Waals surface area contributed by atoms with E-state index >= 15 is 0 Å². The average Bonchev–Trinajstić information content (AvgIpc) is 2.95. The first-order valence-electron chi connectivity index (χ1n) is 12.5. The van der Waals surface area contributed by atoms with Crippen LogP contribution in [0.5, 0.6) is 0 Å². The Morgan fingerprint density at radius 2 is 1.69 bits per heavy atom. The van der Waals surface area contributed by atoms with E-state index in [4.69, 9.17) is 4.74 Å². The van der Waals surface area contributed by atoms with Crippen LogP contribution in [0.2, 0.25) is 0 Å². The van der Waals surface area contributed by atoms with Crippen molar-refractivity contribution in [2.45, 2.75) is 22.3 Å². The Kier molecular flexibility index (Phi) is 9.93. The van der Waals surface area contributed by atoms with E-state index in [-0.39, 0.29) is 27.9 Å². The number of morpholine rings is 1. The predicted molar refractivity (Wildman–Crippen MR) is 151 cm³/mol. The Morgan fingerprint density at radius 3 is 2.36 bits per heavy atom. The van der Waals surface area contributed by atoms with E-state index < -0.39 is 20.9 Å². The quantitative estimate of drug-likeness (QED) is 0.188. The summed E-state index contributed by atoms with van der Waals surface area (Å²) < 4.78 is 33.1. The highest BCUT2D eigenvalue weighted by Crippen LogP contribution is 2.30. The van der Waals surface area contributed by atoms with Gasteiger partial charge in [-0.25, -0.2) is 13.1 Å². The molecule has 1 amide bonds. The summed E-state index contributed by atoms with van der Waals surface area (Å²) in [5.74, 6) is -0.167. The zero-order valence-corrected chi connectivity index (χ0v) is 22.8. The molecule has 0 spiro atoms. The van der Waals surface area contributed by atoms with E-state index in [0.29, 0.717) is 19.0 Å². The summed E-state index contributed by atoms with van der Waals surface area (Å²) >= 11 is 1.64. The molecule has 3 aromatic carbocycles. The minimum atomic E-state index is -4.33. The molecule has 1 aliphatic heterocycles. The molecule has 206 valence electrons. The second-order valence-electron chi connectivity index (χ2n) is 8.94. The van der Waals surface area contributed by atoms with Gasteiger partial charge in [-0.05, 0) is 42.8 Å². The lowest BCUT2D eigenvalue weighted by molar-refractivity contribution is -0.384. The second-order valence-corrected chi connectivity index (χ2v) is 11.7. The van der Waals surface area contributed by atoms with E-state index in [2.05, 4.69) is 10.2 Å². The van der Waals surface area contributed by atoms with Crippen molar-refractivity contribution >= 4 is 39.1 Å². The van der Waals surface area contributed by atoms with Crippen LogP contribution in [0.25, 0.3) is 0 Å². The summed E-state index contributed by atoms with van der Waals surface area (Å²) in [4.78, 5) is 26.8. The fourth-order valence-electron chi connectivity index (χ4n) is 4.07. The Bertz CT molecular complexity index is 1370. The number of nitro benzene ring substituents is 1. The standard InChI is InChI=1S/C27H30N4O6S2/c32-27(21-7-3-1-4-8-21)29-39(35,36)24-11-12-25(26(19-24)31(33)34)28-22(13-14-30-15-17-37-18-16-30)20-38-23-9-5-2-6-10-23/h1-12,19,22,28H,13-18,20H2,(H,29,32). The lowest BCUT2D eigenvalue weighted by Gasteiger charge is -2.29. The van der Waals surface area contributed by atoms with Gasteiger partial charge in [0.05, 0.1) is 23.0 Å². The molecule has 12 heteroatoms. The highest BCUT2D eigenvalue weighted by Gasteiger charge is 2.25. The summed E-state index contributed by atoms with van der Waals surface area (Å²) in [5, 5.41) is 15.2. The van der Waals surface area contributed by atoms with Crippen molar-refractivity contribution < 1.29 is 22.9 Å². The monoisotopic (exact) mass is 570 g/mol. The van der Waals surface area contributed by atoms with Gasteiger partial charge in [-0.15, -0.1) is 11.8 Å². The SMILES string of the molecule is O=C(NS(=O)(=O)c1ccc(NC(CCN2CCOCC2)CSc2ccccc2)c([N+](=O)[O-])c1)c1ccccc1. The number of ether oxygens (including phenoxy) is 1. The maximum Gasteiger partial charge on any atom is 0.293 e. The fourth-order valence-corrected chi connectivity index (χ4v) is 6.06. The third kappa shape index (κ3) is 8.27. The molecule has 1 fully saturated rings. The first-order valence-corrected chi connectivity index (χ1v) is 14.9. The van der Waals surface area contributed by atoms with Crippen molar-refractivity contribution in [3.63, 3.8) is 0 Å². The Hall–Kier alpha value is -3.45. The molecule has 3 aromatic rings. The number of carbonyl (C=O) groups is 1. The molecule has 0 radical (unpaired) electrons. The maximum absolute atomic E-state index is 12.9. The summed E-state index contributed by atoms with van der Waals surface area (Å²) in [6.45, 7) is 3.82. The molecular weight excluding hydrogens is 540 g/mol. The number of nitro groups is 1. The largest absolute Gasteiger partial charge is 0.379 e. The van der Waals surface area contributed by atoms with Gasteiger partial charge < -0.3 is 10.1 Å². The van der Waals surface area contributed by atoms with Gasteiger partial charge in [-0.1, -0.05) is 36.4 Å². The average molecular weight is 571 g/mol. The zero-order valence-electron chi connectivity index (χ0n) is 21.2. The van der Waals surface area contributed by atoms with Gasteiger partial charge >= 0.3 is 0 Å². The number of anilines is 1. The maximum atomic E-state index is 12.9. The van der Waals surface area contributed by atoms with Crippen molar-refractivity contribution in [3.8, 4) is 0 Å². The van der Waals surface area contributed by atoms with Crippen molar-refractivity contribution in [3.05, 3.63) is 94.5 Å². The van der Waals surface area contributed by atoms with Crippen molar-refractivity contribution in [2.24, 2.45) is 0 Å². The van der Waals surface area contributed by atoms with Gasteiger partial charge in [0, 0.05) is 48.0 Å². The minimum absolute atomic E-state index is 0.128. The first kappa shape index (κ1) is 28.6. The molecule has 1 heterocycles. The van der Waals surface area contributed by atoms with Crippen LogP contribution >= 0.6 is 11.8 Å². The fraction of sp³-hybridized carbons (Fsp3) is 0.296. The van der Waals surface area contributed by atoms with Gasteiger partial charge in [0.25, 0.3) is 21.6 Å². The molecule has 1 saturated heterocycles. The topological polar surface area (TPSA) is 131 Å². The molecule has 2 N–H and O–H groups in total. The predicted octanol–water partition coefficient (Wildman–Crippen LogP) is 4.01. The van der Waals surface area contributed by atoms with Gasteiger partial charge in [-0.2, -0.15) is 0 Å². The van der Waals surface area contributed by atoms with Crippen molar-refractivity contribution in [1.82, 2.24) is 9.62 Å². The van der Waals surface area contributed by atoms with Crippen LogP contribution in [0.1, 0.15) is 16.8 Å². The molecule has 39 heavy (non-hydrogen) atoms. The Labute approximate surface area is 231 Å². The number of hydrogen-bond acceptors (Lipinski definition) is 9. The van der Waals surface area contributed by atoms with Gasteiger partial charge in [0.2, 0.25) is 0 Å². The second kappa shape index (κ2) is 13.6. The van der Waals surface area contributed by atoms with Crippen LogP contribution in [-0.2, 0) is 14.8 Å². The molecule has 4 rings (SSSR count). The van der Waals surface area contributed by atoms with E-state index in [9.17, 15) is 23.3 Å². The number of amides is 1.